The van der Waals surface area contributed by atoms with Crippen molar-refractivity contribution in [2.24, 2.45) is 0 Å². The molecule has 0 aliphatic heterocycles. The molecule has 5 nitrogen and oxygen atoms in total. The smallest absolute Gasteiger partial charge is 0.253 e. The summed E-state index contributed by atoms with van der Waals surface area (Å²) in [5.74, 6) is 1.25. The lowest BCUT2D eigenvalue weighted by Crippen LogP contribution is -2.18. The number of aryl methyl sites for hydroxylation is 3. The Bertz CT molecular complexity index is 563. The monoisotopic (exact) mass is 232 g/mol. The van der Waals surface area contributed by atoms with Gasteiger partial charge in [0.2, 0.25) is 0 Å². The van der Waals surface area contributed by atoms with Crippen LogP contribution in [0.1, 0.15) is 24.1 Å². The minimum atomic E-state index is -0.137. The second-order valence-electron chi connectivity index (χ2n) is 3.99. The number of nitrogens with zero attached hydrogens (tertiary/aromatic N) is 2. The molecular formula is C12H16N4O. The number of anilines is 1. The molecule has 5 heteroatoms. The summed E-state index contributed by atoms with van der Waals surface area (Å²) in [6.45, 7) is 5.94. The summed E-state index contributed by atoms with van der Waals surface area (Å²) < 4.78 is 1.90. The number of aromatic amines is 1. The summed E-state index contributed by atoms with van der Waals surface area (Å²) in [5, 5.41) is 0. The van der Waals surface area contributed by atoms with Crippen molar-refractivity contribution in [3.05, 3.63) is 45.8 Å². The Hall–Kier alpha value is -2.04. The summed E-state index contributed by atoms with van der Waals surface area (Å²) in [6, 6.07) is 5.48. The van der Waals surface area contributed by atoms with Gasteiger partial charge in [0.1, 0.15) is 5.82 Å². The molecule has 2 aromatic rings. The number of H-pyrrole nitrogens is 1. The van der Waals surface area contributed by atoms with Gasteiger partial charge in [0.15, 0.2) is 5.82 Å². The first-order chi connectivity index (χ1) is 8.10. The van der Waals surface area contributed by atoms with E-state index in [-0.39, 0.29) is 5.56 Å². The third kappa shape index (κ3) is 2.38. The van der Waals surface area contributed by atoms with Gasteiger partial charge in [-0.1, -0.05) is 6.92 Å². The number of hydrogen-bond donors (Lipinski definition) is 2. The first-order valence-electron chi connectivity index (χ1n) is 5.62. The lowest BCUT2D eigenvalue weighted by Gasteiger charge is -2.11. The molecule has 0 unspecified atom stereocenters. The third-order valence-corrected chi connectivity index (χ3v) is 2.62. The van der Waals surface area contributed by atoms with Crippen LogP contribution in [0.2, 0.25) is 0 Å². The van der Waals surface area contributed by atoms with Gasteiger partial charge >= 0.3 is 0 Å². The van der Waals surface area contributed by atoms with Crippen molar-refractivity contribution in [3.63, 3.8) is 0 Å². The first-order valence-corrected chi connectivity index (χ1v) is 5.62. The molecular weight excluding hydrogens is 216 g/mol. The van der Waals surface area contributed by atoms with Crippen LogP contribution in [0.25, 0.3) is 0 Å². The highest BCUT2D eigenvalue weighted by molar-refractivity contribution is 5.35. The standard InChI is InChI=1S/C12H16N4O/c1-4-10-13-11(7-12(17)14-10)15-16-8(2)5-6-9(16)3/h5-7H,4H2,1-3H3,(H2,13,14,15,17). The van der Waals surface area contributed by atoms with Gasteiger partial charge in [-0.2, -0.15) is 0 Å². The van der Waals surface area contributed by atoms with Crippen molar-refractivity contribution in [1.29, 1.82) is 0 Å². The number of hydrogen-bond acceptors (Lipinski definition) is 3. The molecule has 0 aliphatic carbocycles. The number of nitrogens with one attached hydrogen (secondary N) is 2. The molecule has 0 aromatic carbocycles. The van der Waals surface area contributed by atoms with E-state index in [0.29, 0.717) is 18.1 Å². The van der Waals surface area contributed by atoms with Crippen LogP contribution in [0.3, 0.4) is 0 Å². The summed E-state index contributed by atoms with van der Waals surface area (Å²) in [6.07, 6.45) is 0.703. The van der Waals surface area contributed by atoms with Crippen LogP contribution in [0.15, 0.2) is 23.0 Å². The Balaban J connectivity index is 2.36. The molecule has 0 saturated carbocycles. The highest BCUT2D eigenvalue weighted by Crippen LogP contribution is 2.08. The van der Waals surface area contributed by atoms with Crippen molar-refractivity contribution >= 4 is 5.82 Å². The maximum absolute atomic E-state index is 11.4. The molecule has 17 heavy (non-hydrogen) atoms. The molecule has 0 spiro atoms. The predicted octanol–water partition coefficient (Wildman–Crippen LogP) is 1.63. The van der Waals surface area contributed by atoms with Crippen LogP contribution in [-0.2, 0) is 6.42 Å². The van der Waals surface area contributed by atoms with E-state index in [1.54, 1.807) is 0 Å². The Kier molecular flexibility index (Phi) is 2.99. The molecule has 2 rings (SSSR count). The zero-order valence-corrected chi connectivity index (χ0v) is 10.2. The molecule has 0 saturated heterocycles. The van der Waals surface area contributed by atoms with E-state index in [2.05, 4.69) is 15.4 Å². The van der Waals surface area contributed by atoms with Crippen LogP contribution in [-0.4, -0.2) is 14.6 Å². The largest absolute Gasteiger partial charge is 0.310 e. The van der Waals surface area contributed by atoms with Crippen molar-refractivity contribution in [2.75, 3.05) is 5.43 Å². The van der Waals surface area contributed by atoms with Gasteiger partial charge in [-0.3, -0.25) is 14.9 Å². The summed E-state index contributed by atoms with van der Waals surface area (Å²) in [4.78, 5) is 18.4. The van der Waals surface area contributed by atoms with E-state index in [9.17, 15) is 4.79 Å². The van der Waals surface area contributed by atoms with Crippen molar-refractivity contribution in [3.8, 4) is 0 Å². The van der Waals surface area contributed by atoms with Gasteiger partial charge in [0.25, 0.3) is 5.56 Å². The fraction of sp³-hybridized carbons (Fsp3) is 0.333. The highest BCUT2D eigenvalue weighted by Gasteiger charge is 2.03. The van der Waals surface area contributed by atoms with Crippen LogP contribution >= 0.6 is 0 Å². The fourth-order valence-electron chi connectivity index (χ4n) is 1.69. The summed E-state index contributed by atoms with van der Waals surface area (Å²) >= 11 is 0. The highest BCUT2D eigenvalue weighted by atomic mass is 16.1. The second-order valence-corrected chi connectivity index (χ2v) is 3.99. The Labute approximate surface area is 99.5 Å². The van der Waals surface area contributed by atoms with Crippen LogP contribution in [0, 0.1) is 13.8 Å². The zero-order valence-electron chi connectivity index (χ0n) is 10.2. The summed E-state index contributed by atoms with van der Waals surface area (Å²) in [7, 11) is 0. The average Bonchev–Trinajstić information content (AvgIpc) is 2.60. The van der Waals surface area contributed by atoms with Crippen molar-refractivity contribution in [2.45, 2.75) is 27.2 Å². The fourth-order valence-corrected chi connectivity index (χ4v) is 1.69. The molecule has 0 radical (unpaired) electrons. The molecule has 0 atom stereocenters. The molecule has 0 amide bonds. The van der Waals surface area contributed by atoms with Crippen LogP contribution < -0.4 is 11.0 Å². The van der Waals surface area contributed by atoms with Crippen LogP contribution in [0.5, 0.6) is 0 Å². The molecule has 0 fully saturated rings. The van der Waals surface area contributed by atoms with Gasteiger partial charge in [-0.25, -0.2) is 4.98 Å². The van der Waals surface area contributed by atoms with E-state index in [1.165, 1.54) is 6.07 Å². The maximum atomic E-state index is 11.4. The zero-order chi connectivity index (χ0) is 12.4. The molecule has 2 aromatic heterocycles. The SMILES string of the molecule is CCc1nc(Nn2c(C)ccc2C)cc(=O)[nH]1. The first kappa shape index (κ1) is 11.4. The number of rotatable bonds is 3. The molecule has 0 aliphatic rings. The Morgan fingerprint density at radius 3 is 2.59 bits per heavy atom. The Morgan fingerprint density at radius 2 is 2.00 bits per heavy atom. The molecule has 0 bridgehead atoms. The molecule has 90 valence electrons. The van der Waals surface area contributed by atoms with Gasteiger partial charge < -0.3 is 4.98 Å². The van der Waals surface area contributed by atoms with Gasteiger partial charge in [0.05, 0.1) is 0 Å². The quantitative estimate of drug-likeness (QED) is 0.845. The normalized spacial score (nSPS) is 10.5. The van der Waals surface area contributed by atoms with E-state index in [1.807, 2.05) is 37.6 Å². The molecule has 2 heterocycles. The lowest BCUT2D eigenvalue weighted by atomic mass is 10.4. The van der Waals surface area contributed by atoms with Crippen molar-refractivity contribution in [1.82, 2.24) is 14.6 Å². The minimum absolute atomic E-state index is 0.137. The van der Waals surface area contributed by atoms with Gasteiger partial charge in [0, 0.05) is 23.9 Å². The lowest BCUT2D eigenvalue weighted by molar-refractivity contribution is 0.848. The van der Waals surface area contributed by atoms with E-state index in [0.717, 1.165) is 11.4 Å². The van der Waals surface area contributed by atoms with Crippen molar-refractivity contribution < 1.29 is 0 Å². The second kappa shape index (κ2) is 4.45. The topological polar surface area (TPSA) is 62.7 Å². The average molecular weight is 232 g/mol. The van der Waals surface area contributed by atoms with Gasteiger partial charge in [-0.05, 0) is 26.0 Å². The third-order valence-electron chi connectivity index (χ3n) is 2.62. The predicted molar refractivity (Wildman–Crippen MR) is 67.2 cm³/mol. The van der Waals surface area contributed by atoms with E-state index < -0.39 is 0 Å². The maximum Gasteiger partial charge on any atom is 0.253 e. The van der Waals surface area contributed by atoms with E-state index >= 15 is 0 Å². The molecule has 2 N–H and O–H groups in total. The number of aromatic nitrogens is 3. The van der Waals surface area contributed by atoms with Crippen LogP contribution in [0.4, 0.5) is 5.82 Å². The summed E-state index contributed by atoms with van der Waals surface area (Å²) in [5.41, 5.74) is 5.13. The minimum Gasteiger partial charge on any atom is -0.310 e. The van der Waals surface area contributed by atoms with Gasteiger partial charge in [-0.15, -0.1) is 0 Å². The Morgan fingerprint density at radius 1 is 1.35 bits per heavy atom. The van der Waals surface area contributed by atoms with E-state index in [4.69, 9.17) is 0 Å².